The molecule has 2 rings (SSSR count). The molecule has 0 unspecified atom stereocenters. The Morgan fingerprint density at radius 3 is 2.37 bits per heavy atom. The first-order chi connectivity index (χ1) is 8.92. The van der Waals surface area contributed by atoms with E-state index in [-0.39, 0.29) is 16.7 Å². The monoisotopic (exact) mass is 286 g/mol. The van der Waals surface area contributed by atoms with E-state index in [2.05, 4.69) is 5.32 Å². The van der Waals surface area contributed by atoms with Crippen molar-refractivity contribution in [3.05, 3.63) is 48.3 Å². The average Bonchev–Trinajstić information content (AvgIpc) is 2.72. The summed E-state index contributed by atoms with van der Waals surface area (Å²) in [7, 11) is 1.94. The smallest absolute Gasteiger partial charge is 0.381 e. The van der Waals surface area contributed by atoms with Gasteiger partial charge in [0, 0.05) is 36.6 Å². The fourth-order valence-electron chi connectivity index (χ4n) is 1.64. The molecule has 0 aliphatic rings. The number of aryl methyl sites for hydroxylation is 1. The van der Waals surface area contributed by atoms with E-state index >= 15 is 0 Å². The number of alkyl halides is 3. The van der Waals surface area contributed by atoms with Crippen molar-refractivity contribution < 1.29 is 13.2 Å². The number of anilines is 1. The molecule has 6 heteroatoms. The van der Waals surface area contributed by atoms with Crippen LogP contribution in [0.25, 0.3) is 0 Å². The predicted molar refractivity (Wildman–Crippen MR) is 71.1 cm³/mol. The normalized spacial score (nSPS) is 11.6. The van der Waals surface area contributed by atoms with Gasteiger partial charge >= 0.3 is 5.51 Å². The molecule has 102 valence electrons. The Morgan fingerprint density at radius 1 is 1.16 bits per heavy atom. The summed E-state index contributed by atoms with van der Waals surface area (Å²) in [4.78, 5) is 0.192. The van der Waals surface area contributed by atoms with Gasteiger partial charge < -0.3 is 9.88 Å². The molecule has 0 radical (unpaired) electrons. The van der Waals surface area contributed by atoms with Crippen LogP contribution in [0.5, 0.6) is 0 Å². The van der Waals surface area contributed by atoms with E-state index in [9.17, 15) is 13.2 Å². The van der Waals surface area contributed by atoms with Crippen LogP contribution >= 0.6 is 11.8 Å². The van der Waals surface area contributed by atoms with Crippen LogP contribution in [-0.4, -0.2) is 10.1 Å². The van der Waals surface area contributed by atoms with Crippen LogP contribution in [0.15, 0.2) is 47.6 Å². The van der Waals surface area contributed by atoms with Crippen LogP contribution in [0.3, 0.4) is 0 Å². The maximum Gasteiger partial charge on any atom is 0.446 e. The Morgan fingerprint density at radius 2 is 1.84 bits per heavy atom. The lowest BCUT2D eigenvalue weighted by molar-refractivity contribution is -0.0328. The van der Waals surface area contributed by atoms with E-state index in [1.165, 1.54) is 12.1 Å². The SMILES string of the molecule is Cn1ccc(CNc2ccc(SC(F)(F)F)cc2)c1. The lowest BCUT2D eigenvalue weighted by atomic mass is 10.3. The molecule has 2 nitrogen and oxygen atoms in total. The van der Waals surface area contributed by atoms with Crippen molar-refractivity contribution in [2.45, 2.75) is 16.9 Å². The van der Waals surface area contributed by atoms with Crippen LogP contribution in [-0.2, 0) is 13.6 Å². The average molecular weight is 286 g/mol. The zero-order valence-corrected chi connectivity index (χ0v) is 11.1. The minimum atomic E-state index is -4.24. The second-order valence-electron chi connectivity index (χ2n) is 4.11. The topological polar surface area (TPSA) is 17.0 Å². The molecule has 0 fully saturated rings. The molecule has 0 aliphatic carbocycles. The summed E-state index contributed by atoms with van der Waals surface area (Å²) in [5.41, 5.74) is -2.31. The van der Waals surface area contributed by atoms with Crippen molar-refractivity contribution in [1.29, 1.82) is 0 Å². The maximum absolute atomic E-state index is 12.2. The minimum absolute atomic E-state index is 0.104. The molecule has 1 aromatic heterocycles. The van der Waals surface area contributed by atoms with E-state index < -0.39 is 5.51 Å². The molecular formula is C13H13F3N2S. The Labute approximate surface area is 113 Å². The van der Waals surface area contributed by atoms with Gasteiger partial charge in [-0.3, -0.25) is 0 Å². The van der Waals surface area contributed by atoms with Crippen molar-refractivity contribution in [1.82, 2.24) is 4.57 Å². The molecule has 0 spiro atoms. The molecule has 0 amide bonds. The highest BCUT2D eigenvalue weighted by Gasteiger charge is 2.28. The highest BCUT2D eigenvalue weighted by atomic mass is 32.2. The summed E-state index contributed by atoms with van der Waals surface area (Å²) in [6.45, 7) is 0.645. The molecule has 0 saturated heterocycles. The highest BCUT2D eigenvalue weighted by molar-refractivity contribution is 8.00. The molecular weight excluding hydrogens is 273 g/mol. The van der Waals surface area contributed by atoms with Crippen LogP contribution < -0.4 is 5.32 Å². The van der Waals surface area contributed by atoms with Crippen LogP contribution in [0.2, 0.25) is 0 Å². The summed E-state index contributed by atoms with van der Waals surface area (Å²) in [5.74, 6) is 0. The van der Waals surface area contributed by atoms with Gasteiger partial charge in [-0.05, 0) is 47.7 Å². The molecule has 0 bridgehead atoms. The van der Waals surface area contributed by atoms with Crippen molar-refractivity contribution in [3.63, 3.8) is 0 Å². The Kier molecular flexibility index (Phi) is 4.09. The molecule has 0 saturated carbocycles. The third-order valence-corrected chi connectivity index (χ3v) is 3.22. The molecule has 1 N–H and O–H groups in total. The molecule has 1 heterocycles. The molecule has 0 aliphatic heterocycles. The second-order valence-corrected chi connectivity index (χ2v) is 5.25. The summed E-state index contributed by atoms with van der Waals surface area (Å²) in [6, 6.07) is 8.21. The highest BCUT2D eigenvalue weighted by Crippen LogP contribution is 2.37. The fourth-order valence-corrected chi connectivity index (χ4v) is 2.18. The third-order valence-electron chi connectivity index (χ3n) is 2.48. The summed E-state index contributed by atoms with van der Waals surface area (Å²) < 4.78 is 38.4. The van der Waals surface area contributed by atoms with E-state index in [0.717, 1.165) is 11.3 Å². The largest absolute Gasteiger partial charge is 0.446 e. The van der Waals surface area contributed by atoms with Gasteiger partial charge in [-0.1, -0.05) is 0 Å². The number of nitrogens with zero attached hydrogens (tertiary/aromatic N) is 1. The Bertz CT molecular complexity index is 532. The number of thioether (sulfide) groups is 1. The van der Waals surface area contributed by atoms with E-state index in [4.69, 9.17) is 0 Å². The lowest BCUT2D eigenvalue weighted by Gasteiger charge is -2.08. The number of hydrogen-bond donors (Lipinski definition) is 1. The standard InChI is InChI=1S/C13H13F3N2S/c1-18-7-6-10(9-18)8-17-11-2-4-12(5-3-11)19-13(14,15)16/h2-7,9,17H,8H2,1H3. The third kappa shape index (κ3) is 4.55. The summed E-state index contributed by atoms with van der Waals surface area (Å²) in [6.07, 6.45) is 3.93. The van der Waals surface area contributed by atoms with Crippen molar-refractivity contribution in [2.75, 3.05) is 5.32 Å². The minimum Gasteiger partial charge on any atom is -0.381 e. The predicted octanol–water partition coefficient (Wildman–Crippen LogP) is 4.25. The maximum atomic E-state index is 12.2. The van der Waals surface area contributed by atoms with Gasteiger partial charge in [0.15, 0.2) is 0 Å². The van der Waals surface area contributed by atoms with Gasteiger partial charge in [0.25, 0.3) is 0 Å². The number of benzene rings is 1. The van der Waals surface area contributed by atoms with E-state index in [0.29, 0.717) is 6.54 Å². The van der Waals surface area contributed by atoms with Crippen LogP contribution in [0.4, 0.5) is 18.9 Å². The van der Waals surface area contributed by atoms with Gasteiger partial charge in [-0.15, -0.1) is 0 Å². The number of nitrogens with one attached hydrogen (secondary N) is 1. The van der Waals surface area contributed by atoms with Gasteiger partial charge in [-0.25, -0.2) is 0 Å². The second kappa shape index (κ2) is 5.61. The van der Waals surface area contributed by atoms with Crippen molar-refractivity contribution in [3.8, 4) is 0 Å². The van der Waals surface area contributed by atoms with E-state index in [1.807, 2.05) is 30.1 Å². The summed E-state index contributed by atoms with van der Waals surface area (Å²) >= 11 is -0.104. The summed E-state index contributed by atoms with van der Waals surface area (Å²) in [5, 5.41) is 3.16. The van der Waals surface area contributed by atoms with Gasteiger partial charge in [-0.2, -0.15) is 13.2 Å². The number of hydrogen-bond acceptors (Lipinski definition) is 2. The number of halogens is 3. The number of rotatable bonds is 4. The molecule has 19 heavy (non-hydrogen) atoms. The Hall–Kier alpha value is -1.56. The van der Waals surface area contributed by atoms with Crippen molar-refractivity contribution >= 4 is 17.4 Å². The lowest BCUT2D eigenvalue weighted by Crippen LogP contribution is -2.00. The van der Waals surface area contributed by atoms with Crippen LogP contribution in [0.1, 0.15) is 5.56 Å². The van der Waals surface area contributed by atoms with Gasteiger partial charge in [0.2, 0.25) is 0 Å². The first kappa shape index (κ1) is 13.9. The Balaban J connectivity index is 1.91. The van der Waals surface area contributed by atoms with Crippen LogP contribution in [0, 0.1) is 0 Å². The molecule has 1 aromatic carbocycles. The fraction of sp³-hybridized carbons (Fsp3) is 0.231. The van der Waals surface area contributed by atoms with E-state index in [1.54, 1.807) is 12.1 Å². The van der Waals surface area contributed by atoms with Gasteiger partial charge in [0.05, 0.1) is 0 Å². The zero-order chi connectivity index (χ0) is 13.9. The van der Waals surface area contributed by atoms with Gasteiger partial charge in [0.1, 0.15) is 0 Å². The molecule has 0 atom stereocenters. The zero-order valence-electron chi connectivity index (χ0n) is 10.2. The quantitative estimate of drug-likeness (QED) is 0.846. The molecule has 2 aromatic rings. The van der Waals surface area contributed by atoms with Crippen molar-refractivity contribution in [2.24, 2.45) is 7.05 Å². The number of aromatic nitrogens is 1. The first-order valence-electron chi connectivity index (χ1n) is 5.63. The first-order valence-corrected chi connectivity index (χ1v) is 6.44.